The zero-order chi connectivity index (χ0) is 17.1. The van der Waals surface area contributed by atoms with Gasteiger partial charge in [0.2, 0.25) is 5.95 Å². The first-order chi connectivity index (χ1) is 11.6. The number of anilines is 3. The number of benzene rings is 1. The van der Waals surface area contributed by atoms with Gasteiger partial charge in [0, 0.05) is 36.2 Å². The molecular formula is C17H19ClN6. The van der Waals surface area contributed by atoms with Crippen molar-refractivity contribution in [3.63, 3.8) is 0 Å². The minimum atomic E-state index is 0.565. The third kappa shape index (κ3) is 3.23. The highest BCUT2D eigenvalue weighted by Gasteiger charge is 2.13. The Morgan fingerprint density at radius 2 is 1.83 bits per heavy atom. The molecule has 3 aromatic rings. The van der Waals surface area contributed by atoms with Crippen LogP contribution in [0.2, 0.25) is 5.02 Å². The molecule has 2 heterocycles. The first kappa shape index (κ1) is 16.4. The minimum Gasteiger partial charge on any atom is -0.341 e. The summed E-state index contributed by atoms with van der Waals surface area (Å²) in [7, 11) is 0. The number of rotatable bonds is 5. The normalized spacial score (nSPS) is 10.8. The van der Waals surface area contributed by atoms with Gasteiger partial charge in [-0.05, 0) is 38.5 Å². The van der Waals surface area contributed by atoms with Crippen LogP contribution in [0.25, 0.3) is 11.2 Å². The molecule has 0 spiro atoms. The summed E-state index contributed by atoms with van der Waals surface area (Å²) in [4.78, 5) is 19.9. The summed E-state index contributed by atoms with van der Waals surface area (Å²) in [5.41, 5.74) is 3.07. The maximum atomic E-state index is 6.22. The maximum absolute atomic E-state index is 6.22. The van der Waals surface area contributed by atoms with Crippen molar-refractivity contribution in [2.75, 3.05) is 23.3 Å². The van der Waals surface area contributed by atoms with E-state index in [4.69, 9.17) is 11.6 Å². The Hall–Kier alpha value is -2.47. The third-order valence-corrected chi connectivity index (χ3v) is 4.21. The standard InChI is InChI=1S/C17H19ClN6/c1-4-24(5-2)17-22-15-14(19-8-9-20-15)16(23-17)21-12-7-6-11(3)13(18)10-12/h6-10H,4-5H2,1-3H3,(H,20,21,22,23). The SMILES string of the molecule is CCN(CC)c1nc(Nc2ccc(C)c(Cl)c2)c2nccnc2n1. The second kappa shape index (κ2) is 6.97. The topological polar surface area (TPSA) is 66.8 Å². The van der Waals surface area contributed by atoms with E-state index in [1.165, 1.54) is 0 Å². The van der Waals surface area contributed by atoms with Gasteiger partial charge in [-0.1, -0.05) is 17.7 Å². The summed E-state index contributed by atoms with van der Waals surface area (Å²) >= 11 is 6.22. The fraction of sp³-hybridized carbons (Fsp3) is 0.294. The Kier molecular flexibility index (Phi) is 4.76. The molecule has 0 radical (unpaired) electrons. The van der Waals surface area contributed by atoms with E-state index in [1.54, 1.807) is 12.4 Å². The third-order valence-electron chi connectivity index (χ3n) is 3.80. The van der Waals surface area contributed by atoms with Crippen molar-refractivity contribution in [1.82, 2.24) is 19.9 Å². The molecule has 24 heavy (non-hydrogen) atoms. The van der Waals surface area contributed by atoms with E-state index < -0.39 is 0 Å². The smallest absolute Gasteiger partial charge is 0.229 e. The van der Waals surface area contributed by atoms with E-state index >= 15 is 0 Å². The highest BCUT2D eigenvalue weighted by molar-refractivity contribution is 6.31. The fourth-order valence-corrected chi connectivity index (χ4v) is 2.58. The molecule has 7 heteroatoms. The van der Waals surface area contributed by atoms with E-state index in [0.717, 1.165) is 24.3 Å². The van der Waals surface area contributed by atoms with Crippen molar-refractivity contribution < 1.29 is 0 Å². The van der Waals surface area contributed by atoms with Gasteiger partial charge in [0.25, 0.3) is 0 Å². The van der Waals surface area contributed by atoms with Crippen LogP contribution >= 0.6 is 11.6 Å². The zero-order valence-electron chi connectivity index (χ0n) is 13.9. The largest absolute Gasteiger partial charge is 0.341 e. The average Bonchev–Trinajstić information content (AvgIpc) is 2.59. The molecule has 0 unspecified atom stereocenters. The van der Waals surface area contributed by atoms with Gasteiger partial charge < -0.3 is 10.2 Å². The van der Waals surface area contributed by atoms with Crippen LogP contribution in [0.3, 0.4) is 0 Å². The molecule has 124 valence electrons. The van der Waals surface area contributed by atoms with Crippen LogP contribution in [-0.4, -0.2) is 33.0 Å². The molecule has 2 aromatic heterocycles. The first-order valence-corrected chi connectivity index (χ1v) is 8.27. The first-order valence-electron chi connectivity index (χ1n) is 7.89. The molecule has 1 aromatic carbocycles. The lowest BCUT2D eigenvalue weighted by Crippen LogP contribution is -2.24. The monoisotopic (exact) mass is 342 g/mol. The summed E-state index contributed by atoms with van der Waals surface area (Å²) in [6, 6.07) is 5.80. The molecule has 0 bridgehead atoms. The summed E-state index contributed by atoms with van der Waals surface area (Å²) in [6.07, 6.45) is 3.27. The number of hydrogen-bond acceptors (Lipinski definition) is 6. The number of halogens is 1. The average molecular weight is 343 g/mol. The number of aromatic nitrogens is 4. The van der Waals surface area contributed by atoms with Gasteiger partial charge in [-0.3, -0.25) is 0 Å². The molecular weight excluding hydrogens is 324 g/mol. The van der Waals surface area contributed by atoms with Crippen molar-refractivity contribution in [1.29, 1.82) is 0 Å². The van der Waals surface area contributed by atoms with Crippen LogP contribution in [0.5, 0.6) is 0 Å². The van der Waals surface area contributed by atoms with Gasteiger partial charge in [0.15, 0.2) is 17.0 Å². The summed E-state index contributed by atoms with van der Waals surface area (Å²) in [5, 5.41) is 4.00. The van der Waals surface area contributed by atoms with Crippen LogP contribution in [-0.2, 0) is 0 Å². The number of hydrogen-bond donors (Lipinski definition) is 1. The Balaban J connectivity index is 2.09. The molecule has 6 nitrogen and oxygen atoms in total. The molecule has 1 N–H and O–H groups in total. The molecule has 0 saturated heterocycles. The molecule has 0 atom stereocenters. The summed E-state index contributed by atoms with van der Waals surface area (Å²) < 4.78 is 0. The van der Waals surface area contributed by atoms with Crippen molar-refractivity contribution >= 4 is 40.2 Å². The van der Waals surface area contributed by atoms with Crippen LogP contribution in [0.15, 0.2) is 30.6 Å². The van der Waals surface area contributed by atoms with Crippen molar-refractivity contribution in [3.05, 3.63) is 41.2 Å². The lowest BCUT2D eigenvalue weighted by molar-refractivity contribution is 0.825. The second-order valence-electron chi connectivity index (χ2n) is 5.36. The molecule has 0 fully saturated rings. The van der Waals surface area contributed by atoms with Crippen molar-refractivity contribution in [3.8, 4) is 0 Å². The van der Waals surface area contributed by atoms with Crippen molar-refractivity contribution in [2.45, 2.75) is 20.8 Å². The summed E-state index contributed by atoms with van der Waals surface area (Å²) in [6.45, 7) is 7.74. The van der Waals surface area contributed by atoms with Crippen LogP contribution in [0.1, 0.15) is 19.4 Å². The summed E-state index contributed by atoms with van der Waals surface area (Å²) in [5.74, 6) is 1.25. The lowest BCUT2D eigenvalue weighted by Gasteiger charge is -2.19. The van der Waals surface area contributed by atoms with Gasteiger partial charge in [0.1, 0.15) is 0 Å². The van der Waals surface area contributed by atoms with Gasteiger partial charge in [0.05, 0.1) is 0 Å². The Bertz CT molecular complexity index is 863. The van der Waals surface area contributed by atoms with Gasteiger partial charge in [-0.15, -0.1) is 0 Å². The molecule has 0 aliphatic rings. The lowest BCUT2D eigenvalue weighted by atomic mass is 10.2. The van der Waals surface area contributed by atoms with Crippen LogP contribution in [0, 0.1) is 6.92 Å². The van der Waals surface area contributed by atoms with Crippen molar-refractivity contribution in [2.24, 2.45) is 0 Å². The van der Waals surface area contributed by atoms with Gasteiger partial charge in [-0.25, -0.2) is 9.97 Å². The maximum Gasteiger partial charge on any atom is 0.229 e. The zero-order valence-corrected chi connectivity index (χ0v) is 14.7. The van der Waals surface area contributed by atoms with Gasteiger partial charge in [-0.2, -0.15) is 9.97 Å². The Labute approximate surface area is 145 Å². The van der Waals surface area contributed by atoms with E-state index in [9.17, 15) is 0 Å². The number of nitrogens with zero attached hydrogens (tertiary/aromatic N) is 5. The Morgan fingerprint density at radius 1 is 1.08 bits per heavy atom. The molecule has 0 aliphatic heterocycles. The molecule has 0 aliphatic carbocycles. The van der Waals surface area contributed by atoms with E-state index in [1.807, 2.05) is 25.1 Å². The fourth-order valence-electron chi connectivity index (χ4n) is 2.39. The van der Waals surface area contributed by atoms with E-state index in [2.05, 4.69) is 44.0 Å². The highest BCUT2D eigenvalue weighted by atomic mass is 35.5. The quantitative estimate of drug-likeness (QED) is 0.756. The predicted octanol–water partition coefficient (Wildman–Crippen LogP) is 3.97. The minimum absolute atomic E-state index is 0.565. The number of nitrogens with one attached hydrogen (secondary N) is 1. The second-order valence-corrected chi connectivity index (χ2v) is 5.77. The molecule has 3 rings (SSSR count). The molecule has 0 amide bonds. The highest BCUT2D eigenvalue weighted by Crippen LogP contribution is 2.26. The van der Waals surface area contributed by atoms with E-state index in [0.29, 0.717) is 28.0 Å². The van der Waals surface area contributed by atoms with Gasteiger partial charge >= 0.3 is 0 Å². The van der Waals surface area contributed by atoms with Crippen LogP contribution in [0.4, 0.5) is 17.5 Å². The van der Waals surface area contributed by atoms with Crippen LogP contribution < -0.4 is 10.2 Å². The number of aryl methyl sites for hydroxylation is 1. The number of fused-ring (bicyclic) bond motifs is 1. The molecule has 0 saturated carbocycles. The predicted molar refractivity (Wildman–Crippen MR) is 98.2 cm³/mol. The van der Waals surface area contributed by atoms with E-state index in [-0.39, 0.29) is 0 Å². The Morgan fingerprint density at radius 3 is 2.54 bits per heavy atom.